The summed E-state index contributed by atoms with van der Waals surface area (Å²) in [6, 6.07) is 13.5. The predicted molar refractivity (Wildman–Crippen MR) is 108 cm³/mol. The molecule has 1 atom stereocenters. The molecule has 7 nitrogen and oxygen atoms in total. The number of para-hydroxylation sites is 2. The summed E-state index contributed by atoms with van der Waals surface area (Å²) >= 11 is 0. The van der Waals surface area contributed by atoms with Crippen molar-refractivity contribution in [2.24, 2.45) is 0 Å². The molecule has 0 spiro atoms. The van der Waals surface area contributed by atoms with Crippen molar-refractivity contribution in [1.82, 2.24) is 0 Å². The number of hydrogen-bond donors (Lipinski definition) is 1. The summed E-state index contributed by atoms with van der Waals surface area (Å²) in [5.41, 5.74) is 1.05. The molecule has 1 amide bonds. The fraction of sp³-hybridized carbons (Fsp3) is 0.318. The zero-order valence-corrected chi connectivity index (χ0v) is 16.8. The maximum Gasteiger partial charge on any atom is 0.344 e. The van der Waals surface area contributed by atoms with Crippen LogP contribution in [0.1, 0.15) is 37.6 Å². The van der Waals surface area contributed by atoms with Crippen molar-refractivity contribution in [1.29, 1.82) is 0 Å². The average molecular weight is 399 g/mol. The number of carbonyl (C=O) groups excluding carboxylic acids is 3. The molecule has 0 radical (unpaired) electrons. The first-order chi connectivity index (χ1) is 13.9. The predicted octanol–water partition coefficient (Wildman–Crippen LogP) is 3.63. The second kappa shape index (κ2) is 10.8. The van der Waals surface area contributed by atoms with Gasteiger partial charge >= 0.3 is 5.97 Å². The van der Waals surface area contributed by atoms with Crippen LogP contribution in [0.25, 0.3) is 0 Å². The molecule has 0 fully saturated rings. The minimum atomic E-state index is -1.01. The summed E-state index contributed by atoms with van der Waals surface area (Å²) < 4.78 is 16.2. The Bertz CT molecular complexity index is 847. The highest BCUT2D eigenvalue weighted by molar-refractivity contribution is 5.97. The molecule has 0 saturated heterocycles. The van der Waals surface area contributed by atoms with Crippen molar-refractivity contribution in [3.05, 3.63) is 54.1 Å². The molecule has 0 unspecified atom stereocenters. The van der Waals surface area contributed by atoms with E-state index in [0.29, 0.717) is 29.4 Å². The van der Waals surface area contributed by atoms with Crippen LogP contribution in [-0.4, -0.2) is 37.0 Å². The van der Waals surface area contributed by atoms with Gasteiger partial charge in [0.25, 0.3) is 5.91 Å². The lowest BCUT2D eigenvalue weighted by Crippen LogP contribution is -2.31. The summed E-state index contributed by atoms with van der Waals surface area (Å²) in [5.74, 6) is -0.250. The monoisotopic (exact) mass is 399 g/mol. The van der Waals surface area contributed by atoms with Gasteiger partial charge in [-0.25, -0.2) is 4.79 Å². The lowest BCUT2D eigenvalue weighted by atomic mass is 10.1. The molecule has 0 aliphatic carbocycles. The molecule has 0 bridgehead atoms. The van der Waals surface area contributed by atoms with Crippen LogP contribution in [0.4, 0.5) is 5.69 Å². The van der Waals surface area contributed by atoms with Gasteiger partial charge < -0.3 is 19.5 Å². The smallest absolute Gasteiger partial charge is 0.344 e. The Hall–Kier alpha value is -3.35. The van der Waals surface area contributed by atoms with Crippen LogP contribution < -0.4 is 14.8 Å². The number of nitrogens with one attached hydrogen (secondary N) is 1. The second-order valence-electron chi connectivity index (χ2n) is 6.34. The molecule has 0 heterocycles. The average Bonchev–Trinajstić information content (AvgIpc) is 2.71. The van der Waals surface area contributed by atoms with Crippen molar-refractivity contribution < 1.29 is 28.6 Å². The molecule has 29 heavy (non-hydrogen) atoms. The summed E-state index contributed by atoms with van der Waals surface area (Å²) in [5, 5.41) is 2.63. The van der Waals surface area contributed by atoms with Crippen LogP contribution in [0, 0.1) is 0 Å². The van der Waals surface area contributed by atoms with Gasteiger partial charge in [-0.05, 0) is 56.7 Å². The van der Waals surface area contributed by atoms with E-state index in [1.54, 1.807) is 42.5 Å². The number of carbonyl (C=O) groups is 3. The fourth-order valence-electron chi connectivity index (χ4n) is 2.35. The van der Waals surface area contributed by atoms with Crippen molar-refractivity contribution in [3.8, 4) is 11.5 Å². The Kier molecular flexibility index (Phi) is 8.21. The third-order valence-corrected chi connectivity index (χ3v) is 3.89. The number of benzene rings is 2. The molecule has 2 aromatic carbocycles. The molecule has 0 aromatic heterocycles. The van der Waals surface area contributed by atoms with E-state index < -0.39 is 18.0 Å². The summed E-state index contributed by atoms with van der Waals surface area (Å²) in [4.78, 5) is 35.5. The third kappa shape index (κ3) is 6.95. The second-order valence-corrected chi connectivity index (χ2v) is 6.34. The molecule has 1 N–H and O–H groups in total. The number of anilines is 1. The normalized spacial score (nSPS) is 11.3. The zero-order chi connectivity index (χ0) is 21.2. The minimum absolute atomic E-state index is 0.0631. The van der Waals surface area contributed by atoms with E-state index in [4.69, 9.17) is 14.2 Å². The molecule has 0 aliphatic heterocycles. The Morgan fingerprint density at radius 2 is 1.59 bits per heavy atom. The lowest BCUT2D eigenvalue weighted by molar-refractivity contribution is -0.155. The molecular formula is C22H25NO6. The van der Waals surface area contributed by atoms with Gasteiger partial charge in [0, 0.05) is 11.3 Å². The Balaban J connectivity index is 1.84. The highest BCUT2D eigenvalue weighted by Crippen LogP contribution is 2.26. The van der Waals surface area contributed by atoms with E-state index in [1.165, 1.54) is 13.8 Å². The van der Waals surface area contributed by atoms with Crippen molar-refractivity contribution in [2.75, 3.05) is 18.5 Å². The van der Waals surface area contributed by atoms with Crippen molar-refractivity contribution >= 4 is 23.3 Å². The fourth-order valence-corrected chi connectivity index (χ4v) is 2.35. The number of ketones is 1. The molecule has 2 rings (SSSR count). The van der Waals surface area contributed by atoms with Gasteiger partial charge in [-0.2, -0.15) is 0 Å². The zero-order valence-electron chi connectivity index (χ0n) is 16.8. The van der Waals surface area contributed by atoms with Crippen LogP contribution in [-0.2, 0) is 14.3 Å². The number of amides is 1. The van der Waals surface area contributed by atoms with Crippen LogP contribution in [0.3, 0.4) is 0 Å². The van der Waals surface area contributed by atoms with Gasteiger partial charge in [-0.15, -0.1) is 0 Å². The first-order valence-electron chi connectivity index (χ1n) is 9.36. The molecule has 7 heteroatoms. The van der Waals surface area contributed by atoms with Gasteiger partial charge in [-0.1, -0.05) is 19.1 Å². The van der Waals surface area contributed by atoms with Gasteiger partial charge in [0.15, 0.2) is 30.0 Å². The summed E-state index contributed by atoms with van der Waals surface area (Å²) in [7, 11) is 0. The highest BCUT2D eigenvalue weighted by atomic mass is 16.6. The van der Waals surface area contributed by atoms with Crippen LogP contribution in [0.2, 0.25) is 0 Å². The van der Waals surface area contributed by atoms with E-state index in [1.807, 2.05) is 13.0 Å². The van der Waals surface area contributed by atoms with Crippen LogP contribution >= 0.6 is 0 Å². The third-order valence-electron chi connectivity index (χ3n) is 3.89. The molecule has 2 aromatic rings. The van der Waals surface area contributed by atoms with E-state index in [2.05, 4.69) is 5.32 Å². The maximum absolute atomic E-state index is 12.2. The quantitative estimate of drug-likeness (QED) is 0.485. The first kappa shape index (κ1) is 21.9. The highest BCUT2D eigenvalue weighted by Gasteiger charge is 2.19. The number of hydrogen-bond acceptors (Lipinski definition) is 6. The number of Topliss-reactive ketones (excluding diaryl/α,β-unsaturated/α-hetero) is 1. The van der Waals surface area contributed by atoms with Gasteiger partial charge in [0.2, 0.25) is 0 Å². The van der Waals surface area contributed by atoms with Crippen LogP contribution in [0.15, 0.2) is 48.5 Å². The standard InChI is InChI=1S/C22H25NO6/c1-4-13-27-19-7-5-6-8-20(19)28-14-21(25)29-16(3)22(26)23-18-11-9-17(10-12-18)15(2)24/h5-12,16H,4,13-14H2,1-3H3,(H,23,26)/t16-/m0/s1. The SMILES string of the molecule is CCCOc1ccccc1OCC(=O)O[C@@H](C)C(=O)Nc1ccc(C(C)=O)cc1. The van der Waals surface area contributed by atoms with E-state index >= 15 is 0 Å². The Labute approximate surface area is 170 Å². The topological polar surface area (TPSA) is 90.9 Å². The Morgan fingerprint density at radius 3 is 2.17 bits per heavy atom. The first-order valence-corrected chi connectivity index (χ1v) is 9.36. The Morgan fingerprint density at radius 1 is 0.966 bits per heavy atom. The minimum Gasteiger partial charge on any atom is -0.490 e. The lowest BCUT2D eigenvalue weighted by Gasteiger charge is -2.15. The maximum atomic E-state index is 12.2. The van der Waals surface area contributed by atoms with Crippen LogP contribution in [0.5, 0.6) is 11.5 Å². The van der Waals surface area contributed by atoms with Gasteiger partial charge in [0.1, 0.15) is 0 Å². The summed E-state index contributed by atoms with van der Waals surface area (Å²) in [6.07, 6.45) is -0.161. The van der Waals surface area contributed by atoms with Gasteiger partial charge in [-0.3, -0.25) is 9.59 Å². The van der Waals surface area contributed by atoms with E-state index in [0.717, 1.165) is 6.42 Å². The number of ether oxygens (including phenoxy) is 3. The molecule has 0 aliphatic rings. The molecular weight excluding hydrogens is 374 g/mol. The number of esters is 1. The molecule has 0 saturated carbocycles. The number of rotatable bonds is 10. The van der Waals surface area contributed by atoms with Gasteiger partial charge in [0.05, 0.1) is 6.61 Å². The van der Waals surface area contributed by atoms with E-state index in [9.17, 15) is 14.4 Å². The van der Waals surface area contributed by atoms with Crippen molar-refractivity contribution in [3.63, 3.8) is 0 Å². The largest absolute Gasteiger partial charge is 0.490 e. The van der Waals surface area contributed by atoms with E-state index in [-0.39, 0.29) is 12.4 Å². The summed E-state index contributed by atoms with van der Waals surface area (Å²) in [6.45, 7) is 5.11. The van der Waals surface area contributed by atoms with Crippen molar-refractivity contribution in [2.45, 2.75) is 33.3 Å². The molecule has 154 valence electrons.